The highest BCUT2D eigenvalue weighted by Gasteiger charge is 2.18. The molecule has 0 amide bonds. The smallest absolute Gasteiger partial charge is 0.0417 e. The molecule has 1 aromatic heterocycles. The molecule has 3 nitrogen and oxygen atoms in total. The predicted molar refractivity (Wildman–Crippen MR) is 73.6 cm³/mol. The molecule has 0 aromatic carbocycles. The number of nitrogens with one attached hydrogen (secondary N) is 1. The van der Waals surface area contributed by atoms with Crippen molar-refractivity contribution in [3.63, 3.8) is 0 Å². The van der Waals surface area contributed by atoms with E-state index in [1.165, 1.54) is 24.9 Å². The van der Waals surface area contributed by atoms with Gasteiger partial charge in [-0.25, -0.2) is 0 Å². The summed E-state index contributed by atoms with van der Waals surface area (Å²) in [6, 6.07) is 4.87. The molecule has 0 aliphatic carbocycles. The molecule has 2 heterocycles. The van der Waals surface area contributed by atoms with Gasteiger partial charge in [0.2, 0.25) is 0 Å². The Balaban J connectivity index is 0.00000144. The van der Waals surface area contributed by atoms with Crippen molar-refractivity contribution in [2.45, 2.75) is 32.4 Å². The highest BCUT2D eigenvalue weighted by atomic mass is 35.5. The summed E-state index contributed by atoms with van der Waals surface area (Å²) in [5, 5.41) is 3.38. The maximum absolute atomic E-state index is 4.34. The van der Waals surface area contributed by atoms with E-state index < -0.39 is 0 Å². The molecule has 1 unspecified atom stereocenters. The number of piperidine rings is 1. The topological polar surface area (TPSA) is 28.2 Å². The van der Waals surface area contributed by atoms with Crippen LogP contribution in [0.15, 0.2) is 18.3 Å². The second kappa shape index (κ2) is 6.94. The van der Waals surface area contributed by atoms with Gasteiger partial charge in [-0.1, -0.05) is 6.07 Å². The summed E-state index contributed by atoms with van der Waals surface area (Å²) in [4.78, 5) is 6.86. The number of aromatic nitrogens is 1. The van der Waals surface area contributed by atoms with E-state index in [1.54, 1.807) is 0 Å². The van der Waals surface area contributed by atoms with Gasteiger partial charge < -0.3 is 5.32 Å². The molecule has 0 bridgehead atoms. The largest absolute Gasteiger partial charge is 0.316 e. The molecule has 1 saturated heterocycles. The minimum Gasteiger partial charge on any atom is -0.316 e. The monoisotopic (exact) mass is 255 g/mol. The van der Waals surface area contributed by atoms with Gasteiger partial charge in [-0.05, 0) is 45.0 Å². The average molecular weight is 256 g/mol. The van der Waals surface area contributed by atoms with Crippen molar-refractivity contribution in [1.82, 2.24) is 15.2 Å². The van der Waals surface area contributed by atoms with E-state index >= 15 is 0 Å². The number of likely N-dealkylation sites (N-methyl/N-ethyl adjacent to an activating group) is 1. The fourth-order valence-electron chi connectivity index (χ4n) is 2.36. The Labute approximate surface area is 110 Å². The Morgan fingerprint density at radius 3 is 3.06 bits per heavy atom. The Morgan fingerprint density at radius 1 is 1.53 bits per heavy atom. The minimum atomic E-state index is 0. The molecule has 0 spiro atoms. The zero-order valence-corrected chi connectivity index (χ0v) is 11.5. The van der Waals surface area contributed by atoms with Gasteiger partial charge in [0.25, 0.3) is 0 Å². The Bertz CT molecular complexity index is 343. The first kappa shape index (κ1) is 14.4. The molecule has 4 heteroatoms. The number of halogens is 1. The zero-order valence-electron chi connectivity index (χ0n) is 10.6. The van der Waals surface area contributed by atoms with Gasteiger partial charge in [0, 0.05) is 31.0 Å². The maximum atomic E-state index is 4.34. The van der Waals surface area contributed by atoms with Crippen molar-refractivity contribution in [2.75, 3.05) is 20.1 Å². The van der Waals surface area contributed by atoms with Crippen LogP contribution in [0.5, 0.6) is 0 Å². The van der Waals surface area contributed by atoms with Crippen molar-refractivity contribution in [3.05, 3.63) is 29.6 Å². The van der Waals surface area contributed by atoms with E-state index in [2.05, 4.69) is 35.2 Å². The van der Waals surface area contributed by atoms with Crippen molar-refractivity contribution in [1.29, 1.82) is 0 Å². The lowest BCUT2D eigenvalue weighted by Crippen LogP contribution is -2.43. The van der Waals surface area contributed by atoms with E-state index in [-0.39, 0.29) is 12.4 Å². The summed E-state index contributed by atoms with van der Waals surface area (Å²) in [5.74, 6) is 0. The highest BCUT2D eigenvalue weighted by molar-refractivity contribution is 5.85. The molecule has 2 rings (SSSR count). The zero-order chi connectivity index (χ0) is 11.4. The minimum absolute atomic E-state index is 0. The predicted octanol–water partition coefficient (Wildman–Crippen LogP) is 2.00. The van der Waals surface area contributed by atoms with Gasteiger partial charge in [0.05, 0.1) is 0 Å². The lowest BCUT2D eigenvalue weighted by molar-refractivity contribution is 0.187. The van der Waals surface area contributed by atoms with E-state index in [4.69, 9.17) is 0 Å². The van der Waals surface area contributed by atoms with Crippen LogP contribution in [0.25, 0.3) is 0 Å². The van der Waals surface area contributed by atoms with Crippen molar-refractivity contribution < 1.29 is 0 Å². The summed E-state index contributed by atoms with van der Waals surface area (Å²) >= 11 is 0. The number of rotatable bonds is 3. The van der Waals surface area contributed by atoms with Crippen molar-refractivity contribution in [3.8, 4) is 0 Å². The number of hydrogen-bond acceptors (Lipinski definition) is 3. The second-order valence-corrected chi connectivity index (χ2v) is 4.61. The third kappa shape index (κ3) is 3.95. The normalized spacial score (nSPS) is 20.9. The molecule has 1 N–H and O–H groups in total. The lowest BCUT2D eigenvalue weighted by Gasteiger charge is -2.32. The molecular formula is C13H22ClN3. The van der Waals surface area contributed by atoms with Gasteiger partial charge in [-0.3, -0.25) is 9.88 Å². The molecular weight excluding hydrogens is 234 g/mol. The maximum Gasteiger partial charge on any atom is 0.0417 e. The molecule has 96 valence electrons. The Hall–Kier alpha value is -0.640. The highest BCUT2D eigenvalue weighted by Crippen LogP contribution is 2.14. The number of hydrogen-bond donors (Lipinski definition) is 1. The molecule has 1 aromatic rings. The third-order valence-corrected chi connectivity index (χ3v) is 3.42. The second-order valence-electron chi connectivity index (χ2n) is 4.61. The molecule has 0 radical (unpaired) electrons. The summed E-state index contributed by atoms with van der Waals surface area (Å²) in [6.07, 6.45) is 4.47. The fourth-order valence-corrected chi connectivity index (χ4v) is 2.36. The molecule has 1 atom stereocenters. The number of aryl methyl sites for hydroxylation is 1. The van der Waals surface area contributed by atoms with Crippen LogP contribution in [-0.4, -0.2) is 36.1 Å². The summed E-state index contributed by atoms with van der Waals surface area (Å²) in [6.45, 7) is 5.50. The van der Waals surface area contributed by atoms with Gasteiger partial charge in [0.15, 0.2) is 0 Å². The van der Waals surface area contributed by atoms with Gasteiger partial charge >= 0.3 is 0 Å². The first-order chi connectivity index (χ1) is 7.79. The van der Waals surface area contributed by atoms with E-state index in [9.17, 15) is 0 Å². The van der Waals surface area contributed by atoms with Gasteiger partial charge in [-0.2, -0.15) is 0 Å². The first-order valence-electron chi connectivity index (χ1n) is 6.09. The molecule has 17 heavy (non-hydrogen) atoms. The Morgan fingerprint density at radius 2 is 2.35 bits per heavy atom. The fraction of sp³-hybridized carbons (Fsp3) is 0.615. The van der Waals surface area contributed by atoms with Crippen LogP contribution in [0, 0.1) is 6.92 Å². The van der Waals surface area contributed by atoms with E-state index in [0.29, 0.717) is 6.04 Å². The average Bonchev–Trinajstić information content (AvgIpc) is 2.32. The quantitative estimate of drug-likeness (QED) is 0.896. The lowest BCUT2D eigenvalue weighted by atomic mass is 10.0. The SMILES string of the molecule is CNC1CCCN(Cc2cccnc2C)C1.Cl. The van der Waals surface area contributed by atoms with Crippen LogP contribution in [0.4, 0.5) is 0 Å². The Kier molecular flexibility index (Phi) is 5.89. The summed E-state index contributed by atoms with van der Waals surface area (Å²) in [7, 11) is 2.06. The summed E-state index contributed by atoms with van der Waals surface area (Å²) < 4.78 is 0. The van der Waals surface area contributed by atoms with Crippen LogP contribution in [-0.2, 0) is 6.54 Å². The standard InChI is InChI=1S/C13H21N3.ClH/c1-11-12(5-3-7-15-11)9-16-8-4-6-13(10-16)14-2;/h3,5,7,13-14H,4,6,8-10H2,1-2H3;1H. The molecule has 1 fully saturated rings. The van der Waals surface area contributed by atoms with E-state index in [1.807, 2.05) is 12.3 Å². The molecule has 1 aliphatic heterocycles. The van der Waals surface area contributed by atoms with Gasteiger partial charge in [-0.15, -0.1) is 12.4 Å². The summed E-state index contributed by atoms with van der Waals surface area (Å²) in [5.41, 5.74) is 2.52. The van der Waals surface area contributed by atoms with Crippen LogP contribution in [0.1, 0.15) is 24.1 Å². The van der Waals surface area contributed by atoms with E-state index in [0.717, 1.165) is 18.8 Å². The van der Waals surface area contributed by atoms with Crippen LogP contribution >= 0.6 is 12.4 Å². The van der Waals surface area contributed by atoms with Crippen molar-refractivity contribution in [2.24, 2.45) is 0 Å². The van der Waals surface area contributed by atoms with Crippen LogP contribution in [0.2, 0.25) is 0 Å². The van der Waals surface area contributed by atoms with Gasteiger partial charge in [0.1, 0.15) is 0 Å². The van der Waals surface area contributed by atoms with Crippen LogP contribution < -0.4 is 5.32 Å². The third-order valence-electron chi connectivity index (χ3n) is 3.42. The van der Waals surface area contributed by atoms with Crippen molar-refractivity contribution >= 4 is 12.4 Å². The van der Waals surface area contributed by atoms with Crippen LogP contribution in [0.3, 0.4) is 0 Å². The number of nitrogens with zero attached hydrogens (tertiary/aromatic N) is 2. The molecule has 1 aliphatic rings. The number of likely N-dealkylation sites (tertiary alicyclic amines) is 1. The number of pyridine rings is 1. The first-order valence-corrected chi connectivity index (χ1v) is 6.09. The molecule has 0 saturated carbocycles.